The lowest BCUT2D eigenvalue weighted by Gasteiger charge is -2.14. The van der Waals surface area contributed by atoms with Crippen LogP contribution in [-0.2, 0) is 12.8 Å². The predicted octanol–water partition coefficient (Wildman–Crippen LogP) is 1.34. The fourth-order valence-corrected chi connectivity index (χ4v) is 1.65. The molecule has 1 aromatic rings. The Bertz CT molecular complexity index is 336. The molecule has 0 saturated heterocycles. The number of hydrogen-bond donors (Lipinski definition) is 0. The molecule has 1 aliphatic carbocycles. The van der Waals surface area contributed by atoms with Gasteiger partial charge in [0, 0.05) is 11.3 Å². The second-order valence-electron chi connectivity index (χ2n) is 3.00. The zero-order chi connectivity index (χ0) is 8.39. The van der Waals surface area contributed by atoms with Crippen LogP contribution in [0.5, 0.6) is 0 Å². The van der Waals surface area contributed by atoms with Gasteiger partial charge in [-0.15, -0.1) is 6.42 Å². The Labute approximate surface area is 72.1 Å². The lowest BCUT2D eigenvalue weighted by Crippen LogP contribution is -2.08. The van der Waals surface area contributed by atoms with Crippen molar-refractivity contribution >= 4 is 0 Å². The number of rotatable bonds is 0. The highest BCUT2D eigenvalue weighted by Crippen LogP contribution is 2.20. The van der Waals surface area contributed by atoms with Crippen LogP contribution in [0.2, 0.25) is 0 Å². The van der Waals surface area contributed by atoms with E-state index < -0.39 is 0 Å². The van der Waals surface area contributed by atoms with Crippen molar-refractivity contribution in [2.24, 2.45) is 0 Å². The van der Waals surface area contributed by atoms with Gasteiger partial charge in [0.15, 0.2) is 0 Å². The molecule has 0 atom stereocenters. The van der Waals surface area contributed by atoms with Crippen LogP contribution in [0.25, 0.3) is 0 Å². The van der Waals surface area contributed by atoms with Crippen LogP contribution in [0, 0.1) is 12.3 Å². The summed E-state index contributed by atoms with van der Waals surface area (Å²) in [5.74, 6) is 2.60. The van der Waals surface area contributed by atoms with Gasteiger partial charge in [-0.25, -0.2) is 9.97 Å². The highest BCUT2D eigenvalue weighted by molar-refractivity contribution is 5.37. The number of hydrogen-bond acceptors (Lipinski definition) is 2. The van der Waals surface area contributed by atoms with Gasteiger partial charge in [-0.05, 0) is 31.6 Å². The molecule has 1 aliphatic rings. The molecule has 0 spiro atoms. The van der Waals surface area contributed by atoms with Crippen molar-refractivity contribution in [1.82, 2.24) is 9.97 Å². The topological polar surface area (TPSA) is 25.8 Å². The highest BCUT2D eigenvalue weighted by Gasteiger charge is 2.13. The second kappa shape index (κ2) is 2.94. The Morgan fingerprint density at radius 1 is 1.25 bits per heavy atom. The molecule has 12 heavy (non-hydrogen) atoms. The van der Waals surface area contributed by atoms with E-state index >= 15 is 0 Å². The summed E-state index contributed by atoms with van der Waals surface area (Å²) in [5, 5.41) is 0. The normalized spacial score (nSPS) is 14.9. The van der Waals surface area contributed by atoms with Gasteiger partial charge >= 0.3 is 0 Å². The van der Waals surface area contributed by atoms with Crippen LogP contribution in [0.4, 0.5) is 0 Å². The Morgan fingerprint density at radius 2 is 2.08 bits per heavy atom. The Morgan fingerprint density at radius 3 is 2.92 bits per heavy atom. The van der Waals surface area contributed by atoms with E-state index in [-0.39, 0.29) is 0 Å². The molecule has 0 N–H and O–H groups in total. The summed E-state index contributed by atoms with van der Waals surface area (Å²) in [7, 11) is 0. The lowest BCUT2D eigenvalue weighted by molar-refractivity contribution is 0.660. The van der Waals surface area contributed by atoms with Gasteiger partial charge in [-0.3, -0.25) is 0 Å². The molecule has 2 nitrogen and oxygen atoms in total. The average Bonchev–Trinajstić information content (AvgIpc) is 2.17. The molecule has 0 amide bonds. The Balaban J connectivity index is 2.53. The van der Waals surface area contributed by atoms with Crippen LogP contribution >= 0.6 is 0 Å². The standard InChI is InChI=1S/C10H10N2/c1-2-9-8-5-3-4-6-10(8)12-7-11-9/h1,7H,3-6H2. The number of terminal acetylenes is 1. The van der Waals surface area contributed by atoms with Gasteiger partial charge < -0.3 is 0 Å². The molecule has 60 valence electrons. The maximum absolute atomic E-state index is 5.33. The van der Waals surface area contributed by atoms with Crippen molar-refractivity contribution in [1.29, 1.82) is 0 Å². The van der Waals surface area contributed by atoms with E-state index in [0.717, 1.165) is 24.2 Å². The van der Waals surface area contributed by atoms with Gasteiger partial charge in [-0.2, -0.15) is 0 Å². The second-order valence-corrected chi connectivity index (χ2v) is 3.00. The van der Waals surface area contributed by atoms with Crippen molar-refractivity contribution in [3.05, 3.63) is 23.3 Å². The quantitative estimate of drug-likeness (QED) is 0.532. The number of aromatic nitrogens is 2. The fourth-order valence-electron chi connectivity index (χ4n) is 1.65. The zero-order valence-corrected chi connectivity index (χ0v) is 6.88. The molecule has 2 heteroatoms. The molecule has 0 aromatic carbocycles. The molecule has 0 bridgehead atoms. The molecule has 0 radical (unpaired) electrons. The van der Waals surface area contributed by atoms with Gasteiger partial charge in [0.1, 0.15) is 12.0 Å². The van der Waals surface area contributed by atoms with Crippen LogP contribution in [0.15, 0.2) is 6.33 Å². The van der Waals surface area contributed by atoms with Crippen molar-refractivity contribution in [3.8, 4) is 12.3 Å². The number of nitrogens with zero attached hydrogens (tertiary/aromatic N) is 2. The SMILES string of the molecule is C#Cc1ncnc2c1CCCC2. The third-order valence-electron chi connectivity index (χ3n) is 2.26. The largest absolute Gasteiger partial charge is 0.241 e. The molecule has 0 fully saturated rings. The van der Waals surface area contributed by atoms with E-state index in [0.29, 0.717) is 0 Å². The molecular weight excluding hydrogens is 148 g/mol. The summed E-state index contributed by atoms with van der Waals surface area (Å²) < 4.78 is 0. The minimum Gasteiger partial charge on any atom is -0.241 e. The summed E-state index contributed by atoms with van der Waals surface area (Å²) in [6.45, 7) is 0. The minimum atomic E-state index is 0.791. The maximum atomic E-state index is 5.33. The molecule has 0 aliphatic heterocycles. The van der Waals surface area contributed by atoms with Crippen molar-refractivity contribution in [2.75, 3.05) is 0 Å². The van der Waals surface area contributed by atoms with Gasteiger partial charge in [0.2, 0.25) is 0 Å². The van der Waals surface area contributed by atoms with Crippen LogP contribution in [-0.4, -0.2) is 9.97 Å². The molecule has 0 saturated carbocycles. The maximum Gasteiger partial charge on any atom is 0.119 e. The molecule has 0 unspecified atom stereocenters. The van der Waals surface area contributed by atoms with Crippen molar-refractivity contribution in [2.45, 2.75) is 25.7 Å². The van der Waals surface area contributed by atoms with E-state index in [4.69, 9.17) is 6.42 Å². The third-order valence-corrected chi connectivity index (χ3v) is 2.26. The average molecular weight is 158 g/mol. The Hall–Kier alpha value is -1.36. The van der Waals surface area contributed by atoms with Gasteiger partial charge in [0.05, 0.1) is 0 Å². The van der Waals surface area contributed by atoms with E-state index in [1.165, 1.54) is 18.4 Å². The van der Waals surface area contributed by atoms with E-state index in [2.05, 4.69) is 15.9 Å². The Kier molecular flexibility index (Phi) is 1.79. The van der Waals surface area contributed by atoms with Crippen LogP contribution in [0.3, 0.4) is 0 Å². The fraction of sp³-hybridized carbons (Fsp3) is 0.400. The first-order chi connectivity index (χ1) is 5.92. The first-order valence-electron chi connectivity index (χ1n) is 4.21. The summed E-state index contributed by atoms with van der Waals surface area (Å²) >= 11 is 0. The number of fused-ring (bicyclic) bond motifs is 1. The zero-order valence-electron chi connectivity index (χ0n) is 6.88. The van der Waals surface area contributed by atoms with Crippen molar-refractivity contribution in [3.63, 3.8) is 0 Å². The van der Waals surface area contributed by atoms with Crippen LogP contribution < -0.4 is 0 Å². The highest BCUT2D eigenvalue weighted by atomic mass is 14.8. The van der Waals surface area contributed by atoms with Gasteiger partial charge in [0.25, 0.3) is 0 Å². The predicted molar refractivity (Wildman–Crippen MR) is 46.6 cm³/mol. The summed E-state index contributed by atoms with van der Waals surface area (Å²) in [6, 6.07) is 0. The van der Waals surface area contributed by atoms with E-state index in [9.17, 15) is 0 Å². The number of aryl methyl sites for hydroxylation is 1. The van der Waals surface area contributed by atoms with E-state index in [1.54, 1.807) is 6.33 Å². The van der Waals surface area contributed by atoms with Gasteiger partial charge in [-0.1, -0.05) is 0 Å². The monoisotopic (exact) mass is 158 g/mol. The summed E-state index contributed by atoms with van der Waals surface area (Å²) in [4.78, 5) is 8.28. The van der Waals surface area contributed by atoms with Crippen LogP contribution in [0.1, 0.15) is 29.8 Å². The third kappa shape index (κ3) is 1.08. The summed E-state index contributed by atoms with van der Waals surface area (Å²) in [5.41, 5.74) is 3.15. The molecule has 1 aromatic heterocycles. The van der Waals surface area contributed by atoms with Crippen molar-refractivity contribution < 1.29 is 0 Å². The van der Waals surface area contributed by atoms with E-state index in [1.807, 2.05) is 0 Å². The first-order valence-corrected chi connectivity index (χ1v) is 4.21. The first kappa shape index (κ1) is 7.30. The molecule has 2 rings (SSSR count). The lowest BCUT2D eigenvalue weighted by atomic mass is 9.95. The molecule has 1 heterocycles. The summed E-state index contributed by atoms with van der Waals surface area (Å²) in [6.07, 6.45) is 11.5. The molecular formula is C10H10N2. The minimum absolute atomic E-state index is 0.791. The smallest absolute Gasteiger partial charge is 0.119 e.